The number of amides is 2. The number of carbonyl (C=O) groups excluding carboxylic acids is 2. The Morgan fingerprint density at radius 2 is 1.61 bits per heavy atom. The minimum Gasteiger partial charge on any atom is -0.273 e. The van der Waals surface area contributed by atoms with Gasteiger partial charge in [-0.2, -0.15) is 4.31 Å². The molecule has 2 amide bonds. The third kappa shape index (κ3) is 5.64. The van der Waals surface area contributed by atoms with Crippen LogP contribution in [0.25, 0.3) is 0 Å². The van der Waals surface area contributed by atoms with Crippen molar-refractivity contribution in [2.24, 2.45) is 0 Å². The predicted octanol–water partition coefficient (Wildman–Crippen LogP) is 2.11. The smallest absolute Gasteiger partial charge is 0.269 e. The summed E-state index contributed by atoms with van der Waals surface area (Å²) in [7, 11) is -3.66. The number of hydrazine groups is 1. The Morgan fingerprint density at radius 1 is 0.929 bits per heavy atom. The number of nitrogens with zero attached hydrogens (tertiary/aromatic N) is 1. The molecule has 2 aromatic carbocycles. The van der Waals surface area contributed by atoms with Gasteiger partial charge < -0.3 is 0 Å². The van der Waals surface area contributed by atoms with E-state index in [9.17, 15) is 18.0 Å². The topological polar surface area (TPSA) is 95.6 Å². The van der Waals surface area contributed by atoms with Gasteiger partial charge in [-0.3, -0.25) is 20.4 Å². The molecule has 0 aromatic heterocycles. The van der Waals surface area contributed by atoms with Gasteiger partial charge in [-0.25, -0.2) is 8.42 Å². The molecule has 0 saturated carbocycles. The molecule has 7 nitrogen and oxygen atoms in total. The fourth-order valence-electron chi connectivity index (χ4n) is 2.67. The summed E-state index contributed by atoms with van der Waals surface area (Å²) >= 11 is 0. The second kappa shape index (κ2) is 10.0. The highest BCUT2D eigenvalue weighted by Gasteiger charge is 2.22. The Bertz CT molecular complexity index is 910. The molecule has 0 aliphatic heterocycles. The molecule has 0 fully saturated rings. The Kier molecular flexibility index (Phi) is 7.71. The van der Waals surface area contributed by atoms with Crippen molar-refractivity contribution < 1.29 is 18.0 Å². The lowest BCUT2D eigenvalue weighted by molar-refractivity contribution is -0.121. The van der Waals surface area contributed by atoms with Gasteiger partial charge in [0.05, 0.1) is 4.90 Å². The summed E-state index contributed by atoms with van der Waals surface area (Å²) in [5.74, 6) is -0.909. The van der Waals surface area contributed by atoms with Crippen LogP contribution in [0.4, 0.5) is 0 Å². The summed E-state index contributed by atoms with van der Waals surface area (Å²) < 4.78 is 26.5. The van der Waals surface area contributed by atoms with E-state index in [-0.39, 0.29) is 22.8 Å². The second-order valence-electron chi connectivity index (χ2n) is 6.11. The van der Waals surface area contributed by atoms with Crippen LogP contribution in [0.1, 0.15) is 36.2 Å². The molecule has 2 N–H and O–H groups in total. The van der Waals surface area contributed by atoms with Gasteiger partial charge in [-0.1, -0.05) is 50.2 Å². The summed E-state index contributed by atoms with van der Waals surface area (Å²) in [6, 6.07) is 15.3. The largest absolute Gasteiger partial charge is 0.273 e. The highest BCUT2D eigenvalue weighted by atomic mass is 32.2. The molecular weight excluding hydrogens is 378 g/mol. The van der Waals surface area contributed by atoms with Gasteiger partial charge in [0.15, 0.2) is 0 Å². The Hall–Kier alpha value is -2.71. The lowest BCUT2D eigenvalue weighted by Gasteiger charge is -2.18. The van der Waals surface area contributed by atoms with Crippen LogP contribution in [-0.4, -0.2) is 37.6 Å². The average molecular weight is 404 g/mol. The summed E-state index contributed by atoms with van der Waals surface area (Å²) in [4.78, 5) is 24.2. The lowest BCUT2D eigenvalue weighted by atomic mass is 10.1. The van der Waals surface area contributed by atoms with E-state index in [1.165, 1.54) is 28.6 Å². The van der Waals surface area contributed by atoms with Crippen molar-refractivity contribution >= 4 is 21.8 Å². The molecule has 0 heterocycles. The molecule has 0 unspecified atom stereocenters. The van der Waals surface area contributed by atoms with Gasteiger partial charge in [0, 0.05) is 25.1 Å². The number of rotatable bonds is 8. The first-order valence-corrected chi connectivity index (χ1v) is 10.6. The first-order valence-electron chi connectivity index (χ1n) is 9.11. The Labute approximate surface area is 165 Å². The summed E-state index contributed by atoms with van der Waals surface area (Å²) in [5, 5.41) is 0. The predicted molar refractivity (Wildman–Crippen MR) is 107 cm³/mol. The fraction of sp³-hybridized carbons (Fsp3) is 0.300. The maximum absolute atomic E-state index is 12.6. The van der Waals surface area contributed by atoms with Gasteiger partial charge in [0.25, 0.3) is 5.91 Å². The lowest BCUT2D eigenvalue weighted by Crippen LogP contribution is -2.41. The number of aryl methyl sites for hydroxylation is 1. The number of hydrogen-bond donors (Lipinski definition) is 2. The first kappa shape index (κ1) is 21.6. The molecular formula is C20H25N3O4S. The summed E-state index contributed by atoms with van der Waals surface area (Å²) in [5.41, 5.74) is 5.86. The molecule has 0 saturated heterocycles. The number of benzene rings is 2. The van der Waals surface area contributed by atoms with E-state index in [0.717, 1.165) is 5.56 Å². The van der Waals surface area contributed by atoms with Gasteiger partial charge >= 0.3 is 0 Å². The van der Waals surface area contributed by atoms with Crippen LogP contribution in [0.2, 0.25) is 0 Å². The van der Waals surface area contributed by atoms with Crippen LogP contribution in [0.3, 0.4) is 0 Å². The zero-order chi connectivity index (χ0) is 20.6. The van der Waals surface area contributed by atoms with Crippen molar-refractivity contribution in [2.75, 3.05) is 13.1 Å². The molecule has 2 aromatic rings. The van der Waals surface area contributed by atoms with Crippen molar-refractivity contribution in [1.82, 2.24) is 15.2 Å². The van der Waals surface area contributed by atoms with E-state index in [2.05, 4.69) is 10.9 Å². The number of hydrogen-bond acceptors (Lipinski definition) is 4. The second-order valence-corrected chi connectivity index (χ2v) is 8.04. The van der Waals surface area contributed by atoms with Crippen LogP contribution in [0, 0.1) is 0 Å². The summed E-state index contributed by atoms with van der Waals surface area (Å²) in [6.07, 6.45) is 0.779. The number of sulfonamides is 1. The number of nitrogens with one attached hydrogen (secondary N) is 2. The molecule has 0 atom stereocenters. The van der Waals surface area contributed by atoms with E-state index < -0.39 is 15.9 Å². The highest BCUT2D eigenvalue weighted by Crippen LogP contribution is 2.16. The van der Waals surface area contributed by atoms with Crippen LogP contribution in [-0.2, 0) is 21.2 Å². The van der Waals surface area contributed by atoms with E-state index in [1.807, 2.05) is 30.3 Å². The summed E-state index contributed by atoms with van der Waals surface area (Å²) in [6.45, 7) is 4.19. The monoisotopic (exact) mass is 403 g/mol. The van der Waals surface area contributed by atoms with E-state index in [0.29, 0.717) is 19.5 Å². The van der Waals surface area contributed by atoms with Crippen LogP contribution < -0.4 is 10.9 Å². The van der Waals surface area contributed by atoms with Crippen molar-refractivity contribution in [3.8, 4) is 0 Å². The molecule has 0 aliphatic carbocycles. The first-order chi connectivity index (χ1) is 13.4. The third-order valence-electron chi connectivity index (χ3n) is 4.24. The minimum absolute atomic E-state index is 0.0410. The zero-order valence-electron chi connectivity index (χ0n) is 16.0. The molecule has 8 heteroatoms. The van der Waals surface area contributed by atoms with E-state index in [4.69, 9.17) is 0 Å². The molecule has 2 rings (SSSR count). The van der Waals surface area contributed by atoms with Gasteiger partial charge in [-0.15, -0.1) is 0 Å². The van der Waals surface area contributed by atoms with Gasteiger partial charge in [0.1, 0.15) is 0 Å². The Morgan fingerprint density at radius 3 is 2.25 bits per heavy atom. The third-order valence-corrected chi connectivity index (χ3v) is 6.28. The minimum atomic E-state index is -3.66. The molecule has 28 heavy (non-hydrogen) atoms. The maximum Gasteiger partial charge on any atom is 0.269 e. The molecule has 150 valence electrons. The van der Waals surface area contributed by atoms with E-state index >= 15 is 0 Å². The van der Waals surface area contributed by atoms with E-state index in [1.54, 1.807) is 13.8 Å². The molecule has 0 radical (unpaired) electrons. The van der Waals surface area contributed by atoms with Crippen molar-refractivity contribution in [1.29, 1.82) is 0 Å². The Balaban J connectivity index is 1.96. The maximum atomic E-state index is 12.6. The SMILES string of the molecule is CCN(CC)S(=O)(=O)c1cccc(C(=O)NNC(=O)CCc2ccccc2)c1. The standard InChI is InChI=1S/C20H25N3O4S/c1-3-23(4-2)28(26,27)18-12-8-11-17(15-18)20(25)22-21-19(24)14-13-16-9-6-5-7-10-16/h5-12,15H,3-4,13-14H2,1-2H3,(H,21,24)(H,22,25). The molecule has 0 aliphatic rings. The van der Waals surface area contributed by atoms with Crippen LogP contribution in [0.15, 0.2) is 59.5 Å². The van der Waals surface area contributed by atoms with Crippen LogP contribution in [0.5, 0.6) is 0 Å². The van der Waals surface area contributed by atoms with Crippen molar-refractivity contribution in [3.05, 3.63) is 65.7 Å². The van der Waals surface area contributed by atoms with Crippen molar-refractivity contribution in [2.45, 2.75) is 31.6 Å². The average Bonchev–Trinajstić information content (AvgIpc) is 2.72. The van der Waals surface area contributed by atoms with Gasteiger partial charge in [0.2, 0.25) is 15.9 Å². The molecule has 0 bridgehead atoms. The number of carbonyl (C=O) groups is 2. The van der Waals surface area contributed by atoms with Crippen LogP contribution >= 0.6 is 0 Å². The fourth-order valence-corrected chi connectivity index (χ4v) is 4.18. The highest BCUT2D eigenvalue weighted by molar-refractivity contribution is 7.89. The normalized spacial score (nSPS) is 11.2. The zero-order valence-corrected chi connectivity index (χ0v) is 16.8. The quantitative estimate of drug-likeness (QED) is 0.660. The van der Waals surface area contributed by atoms with Gasteiger partial charge in [-0.05, 0) is 30.2 Å². The molecule has 0 spiro atoms. The van der Waals surface area contributed by atoms with Crippen molar-refractivity contribution in [3.63, 3.8) is 0 Å².